The number of nitrogens with zero attached hydrogens (tertiary/aromatic N) is 1. The van der Waals surface area contributed by atoms with Crippen molar-refractivity contribution in [2.24, 2.45) is 0 Å². The lowest BCUT2D eigenvalue weighted by atomic mass is 9.66. The summed E-state index contributed by atoms with van der Waals surface area (Å²) in [6, 6.07) is 54.9. The van der Waals surface area contributed by atoms with Gasteiger partial charge in [0.15, 0.2) is 0 Å². The first-order chi connectivity index (χ1) is 24.0. The fourth-order valence-corrected chi connectivity index (χ4v) is 9.19. The van der Waals surface area contributed by atoms with Crippen LogP contribution < -0.4 is 9.64 Å². The van der Waals surface area contributed by atoms with Crippen LogP contribution in [0.4, 0.5) is 17.1 Å². The molecule has 3 heteroatoms. The first kappa shape index (κ1) is 26.9. The van der Waals surface area contributed by atoms with Crippen LogP contribution in [0.5, 0.6) is 11.5 Å². The second kappa shape index (κ2) is 9.30. The molecule has 232 valence electrons. The molecule has 1 aliphatic carbocycles. The van der Waals surface area contributed by atoms with Gasteiger partial charge in [0.25, 0.3) is 0 Å². The summed E-state index contributed by atoms with van der Waals surface area (Å²) in [7, 11) is 0. The number of fused-ring (bicyclic) bond motifs is 14. The zero-order valence-electron chi connectivity index (χ0n) is 27.2. The van der Waals surface area contributed by atoms with Gasteiger partial charge in [0, 0.05) is 45.1 Å². The Hall–Kier alpha value is -6.06. The summed E-state index contributed by atoms with van der Waals surface area (Å²) in [5.74, 6) is 1.76. The zero-order chi connectivity index (χ0) is 32.5. The second-order valence-electron chi connectivity index (χ2n) is 14.1. The Morgan fingerprint density at radius 3 is 1.88 bits per heavy atom. The van der Waals surface area contributed by atoms with E-state index in [4.69, 9.17) is 9.15 Å². The molecule has 0 saturated carbocycles. The minimum Gasteiger partial charge on any atom is -0.457 e. The number of rotatable bonds is 1. The Morgan fingerprint density at radius 2 is 1.08 bits per heavy atom. The molecule has 0 fully saturated rings. The van der Waals surface area contributed by atoms with Gasteiger partial charge in [-0.05, 0) is 63.7 Å². The van der Waals surface area contributed by atoms with E-state index in [1.807, 2.05) is 6.07 Å². The molecule has 3 heterocycles. The number of hydrogen-bond acceptors (Lipinski definition) is 3. The molecule has 0 amide bonds. The van der Waals surface area contributed by atoms with E-state index < -0.39 is 5.41 Å². The Morgan fingerprint density at radius 1 is 0.449 bits per heavy atom. The van der Waals surface area contributed by atoms with Crippen molar-refractivity contribution in [3.05, 3.63) is 185 Å². The van der Waals surface area contributed by atoms with Crippen molar-refractivity contribution in [2.45, 2.75) is 24.7 Å². The molecule has 7 aromatic carbocycles. The van der Waals surface area contributed by atoms with Crippen LogP contribution >= 0.6 is 0 Å². The highest BCUT2D eigenvalue weighted by molar-refractivity contribution is 6.07. The molecular formula is C46H31NO2. The van der Waals surface area contributed by atoms with Gasteiger partial charge in [-0.2, -0.15) is 0 Å². The topological polar surface area (TPSA) is 25.6 Å². The molecule has 3 aliphatic rings. The van der Waals surface area contributed by atoms with Crippen molar-refractivity contribution in [3.63, 3.8) is 0 Å². The highest BCUT2D eigenvalue weighted by Gasteiger charge is 2.51. The average molecular weight is 630 g/mol. The minimum atomic E-state index is -0.490. The third kappa shape index (κ3) is 3.32. The average Bonchev–Trinajstić information content (AvgIpc) is 3.65. The van der Waals surface area contributed by atoms with Crippen LogP contribution in [0.3, 0.4) is 0 Å². The van der Waals surface area contributed by atoms with E-state index in [1.165, 1.54) is 38.9 Å². The summed E-state index contributed by atoms with van der Waals surface area (Å²) < 4.78 is 13.4. The maximum atomic E-state index is 6.91. The molecule has 1 spiro atoms. The summed E-state index contributed by atoms with van der Waals surface area (Å²) in [5, 5.41) is 2.29. The van der Waals surface area contributed by atoms with Gasteiger partial charge in [-0.1, -0.05) is 123 Å². The SMILES string of the molecule is CC1(C)c2ccccc2N(c2ccc3c(c2)Oc2ccccc2C32c3ccccc3-c3ccccc32)c2cc3oc4ccccc4c3cc21. The van der Waals surface area contributed by atoms with Gasteiger partial charge in [-0.25, -0.2) is 0 Å². The van der Waals surface area contributed by atoms with Crippen molar-refractivity contribution >= 4 is 39.0 Å². The van der Waals surface area contributed by atoms with E-state index in [0.717, 1.165) is 56.1 Å². The van der Waals surface area contributed by atoms with Crippen molar-refractivity contribution in [3.8, 4) is 22.6 Å². The zero-order valence-corrected chi connectivity index (χ0v) is 27.2. The van der Waals surface area contributed by atoms with Crippen LogP contribution in [0.15, 0.2) is 156 Å². The van der Waals surface area contributed by atoms with Crippen molar-refractivity contribution < 1.29 is 9.15 Å². The molecule has 8 aromatic rings. The predicted molar refractivity (Wildman–Crippen MR) is 198 cm³/mol. The summed E-state index contributed by atoms with van der Waals surface area (Å²) in [6.45, 7) is 4.67. The van der Waals surface area contributed by atoms with Gasteiger partial charge in [0.1, 0.15) is 22.7 Å². The fourth-order valence-electron chi connectivity index (χ4n) is 9.19. The summed E-state index contributed by atoms with van der Waals surface area (Å²) in [5.41, 5.74) is 14.5. The van der Waals surface area contributed by atoms with Crippen molar-refractivity contribution in [1.29, 1.82) is 0 Å². The van der Waals surface area contributed by atoms with Gasteiger partial charge >= 0.3 is 0 Å². The number of ether oxygens (including phenoxy) is 1. The van der Waals surface area contributed by atoms with E-state index in [2.05, 4.69) is 164 Å². The molecule has 0 unspecified atom stereocenters. The first-order valence-electron chi connectivity index (χ1n) is 17.0. The highest BCUT2D eigenvalue weighted by Crippen LogP contribution is 2.63. The van der Waals surface area contributed by atoms with E-state index in [-0.39, 0.29) is 5.41 Å². The molecule has 0 saturated heterocycles. The minimum absolute atomic E-state index is 0.222. The quantitative estimate of drug-likeness (QED) is 0.181. The molecular weight excluding hydrogens is 599 g/mol. The maximum absolute atomic E-state index is 6.91. The van der Waals surface area contributed by atoms with Crippen LogP contribution in [0, 0.1) is 0 Å². The van der Waals surface area contributed by atoms with Gasteiger partial charge in [-0.3, -0.25) is 0 Å². The number of furan rings is 1. The van der Waals surface area contributed by atoms with Gasteiger partial charge in [-0.15, -0.1) is 0 Å². The summed E-state index contributed by atoms with van der Waals surface area (Å²) in [4.78, 5) is 2.40. The van der Waals surface area contributed by atoms with Crippen LogP contribution in [-0.4, -0.2) is 0 Å². The van der Waals surface area contributed by atoms with E-state index in [9.17, 15) is 0 Å². The Balaban J connectivity index is 1.19. The lowest BCUT2D eigenvalue weighted by Gasteiger charge is -2.43. The number of benzene rings is 7. The van der Waals surface area contributed by atoms with Gasteiger partial charge in [0.2, 0.25) is 0 Å². The van der Waals surface area contributed by atoms with E-state index in [0.29, 0.717) is 0 Å². The Bertz CT molecular complexity index is 2650. The van der Waals surface area contributed by atoms with Crippen LogP contribution in [0.1, 0.15) is 47.2 Å². The predicted octanol–water partition coefficient (Wildman–Crippen LogP) is 12.2. The van der Waals surface area contributed by atoms with E-state index in [1.54, 1.807) is 0 Å². The fraction of sp³-hybridized carbons (Fsp3) is 0.0870. The molecule has 0 atom stereocenters. The Kier molecular flexibility index (Phi) is 5.11. The summed E-state index contributed by atoms with van der Waals surface area (Å²) in [6.07, 6.45) is 0. The van der Waals surface area contributed by atoms with Crippen LogP contribution in [0.2, 0.25) is 0 Å². The van der Waals surface area contributed by atoms with Crippen LogP contribution in [0.25, 0.3) is 33.1 Å². The first-order valence-corrected chi connectivity index (χ1v) is 17.0. The molecule has 0 N–H and O–H groups in total. The molecule has 11 rings (SSSR count). The number of para-hydroxylation sites is 3. The molecule has 0 radical (unpaired) electrons. The van der Waals surface area contributed by atoms with E-state index >= 15 is 0 Å². The Labute approximate surface area is 284 Å². The van der Waals surface area contributed by atoms with Gasteiger partial charge in [0.05, 0.1) is 16.8 Å². The maximum Gasteiger partial charge on any atom is 0.137 e. The van der Waals surface area contributed by atoms with Crippen LogP contribution in [-0.2, 0) is 10.8 Å². The largest absolute Gasteiger partial charge is 0.457 e. The lowest BCUT2D eigenvalue weighted by Crippen LogP contribution is -2.33. The third-order valence-electron chi connectivity index (χ3n) is 11.3. The normalized spacial score (nSPS) is 15.6. The number of anilines is 3. The molecule has 1 aromatic heterocycles. The summed E-state index contributed by atoms with van der Waals surface area (Å²) >= 11 is 0. The standard InChI is InChI=1S/C46H31NO2/c1-45(2)35-18-8-10-20-39(35)47(40-27-43-32(26-38(40)45)31-15-5-11-21-41(31)48-43)28-23-24-37-44(25-28)49-42-22-12-9-19-36(42)46(37)33-16-6-3-13-29(33)30-14-4-7-17-34(30)46/h3-27H,1-2H3. The van der Waals surface area contributed by atoms with Gasteiger partial charge < -0.3 is 14.1 Å². The number of hydrogen-bond donors (Lipinski definition) is 0. The monoisotopic (exact) mass is 629 g/mol. The smallest absolute Gasteiger partial charge is 0.137 e. The molecule has 0 bridgehead atoms. The highest BCUT2D eigenvalue weighted by atomic mass is 16.5. The molecule has 2 aliphatic heterocycles. The van der Waals surface area contributed by atoms with Crippen molar-refractivity contribution in [2.75, 3.05) is 4.90 Å². The second-order valence-corrected chi connectivity index (χ2v) is 14.1. The molecule has 49 heavy (non-hydrogen) atoms. The third-order valence-corrected chi connectivity index (χ3v) is 11.3. The lowest BCUT2D eigenvalue weighted by molar-refractivity contribution is 0.436. The molecule has 3 nitrogen and oxygen atoms in total. The van der Waals surface area contributed by atoms with Crippen molar-refractivity contribution in [1.82, 2.24) is 0 Å².